The molecule has 0 aliphatic carbocycles. The minimum Gasteiger partial charge on any atom is -0.300 e. The van der Waals surface area contributed by atoms with Crippen molar-refractivity contribution in [1.29, 1.82) is 0 Å². The zero-order chi connectivity index (χ0) is 15.9. The second kappa shape index (κ2) is 8.73. The Hall–Kier alpha value is -0.620. The quantitative estimate of drug-likeness (QED) is 0.421. The van der Waals surface area contributed by atoms with Crippen molar-refractivity contribution in [2.45, 2.75) is 64.6 Å². The molecule has 0 aliphatic heterocycles. The molecule has 0 radical (unpaired) electrons. The summed E-state index contributed by atoms with van der Waals surface area (Å²) in [7, 11) is 0. The van der Waals surface area contributed by atoms with Gasteiger partial charge in [0, 0.05) is 12.2 Å². The van der Waals surface area contributed by atoms with Crippen molar-refractivity contribution in [3.05, 3.63) is 0 Å². The first-order valence-corrected chi connectivity index (χ1v) is 9.36. The summed E-state index contributed by atoms with van der Waals surface area (Å²) in [6, 6.07) is 0. The molecule has 1 N–H and O–H groups in total. The Morgan fingerprint density at radius 3 is 2.71 bits per heavy atom. The highest BCUT2D eigenvalue weighted by atomic mass is 32.2. The van der Waals surface area contributed by atoms with E-state index in [1.807, 2.05) is 0 Å². The predicted octanol–water partition coefficient (Wildman–Crippen LogP) is 4.83. The van der Waals surface area contributed by atoms with Gasteiger partial charge in [0.25, 0.3) is 0 Å². The van der Waals surface area contributed by atoms with Crippen LogP contribution in [0.5, 0.6) is 0 Å². The first-order chi connectivity index (χ1) is 9.80. The number of unbranched alkanes of at least 4 members (excludes halogenated alkanes) is 1. The fourth-order valence-electron chi connectivity index (χ4n) is 2.23. The largest absolute Gasteiger partial charge is 0.300 e. The summed E-state index contributed by atoms with van der Waals surface area (Å²) in [6.07, 6.45) is 3.93. The molecule has 0 aliphatic rings. The third kappa shape index (κ3) is 8.41. The lowest BCUT2D eigenvalue weighted by Crippen LogP contribution is -2.18. The number of hydrogen-bond acceptors (Lipinski definition) is 5. The molecule has 1 aromatic rings. The van der Waals surface area contributed by atoms with Gasteiger partial charge in [-0.2, -0.15) is 0 Å². The van der Waals surface area contributed by atoms with Crippen LogP contribution in [0.4, 0.5) is 5.13 Å². The van der Waals surface area contributed by atoms with Crippen molar-refractivity contribution >= 4 is 34.1 Å². The normalized spacial score (nSPS) is 13.2. The molecule has 120 valence electrons. The molecule has 0 saturated carbocycles. The van der Waals surface area contributed by atoms with Gasteiger partial charge in [0.2, 0.25) is 11.0 Å². The van der Waals surface area contributed by atoms with Gasteiger partial charge in [-0.3, -0.25) is 4.79 Å². The minimum absolute atomic E-state index is 0.0352. The van der Waals surface area contributed by atoms with Gasteiger partial charge in [-0.1, -0.05) is 64.1 Å². The van der Waals surface area contributed by atoms with Gasteiger partial charge in [-0.25, -0.2) is 0 Å². The summed E-state index contributed by atoms with van der Waals surface area (Å²) in [5, 5.41) is 11.6. The molecule has 4 nitrogen and oxygen atoms in total. The van der Waals surface area contributed by atoms with E-state index in [0.717, 1.165) is 16.5 Å². The van der Waals surface area contributed by atoms with Crippen LogP contribution in [0.1, 0.15) is 60.3 Å². The van der Waals surface area contributed by atoms with Gasteiger partial charge in [-0.05, 0) is 24.2 Å². The van der Waals surface area contributed by atoms with Crippen LogP contribution in [0, 0.1) is 11.3 Å². The third-order valence-electron chi connectivity index (χ3n) is 2.87. The average Bonchev–Trinajstić information content (AvgIpc) is 2.74. The molecular weight excluding hydrogens is 302 g/mol. The van der Waals surface area contributed by atoms with E-state index in [-0.39, 0.29) is 11.3 Å². The molecular formula is C15H27N3OS2. The first kappa shape index (κ1) is 18.4. The standard InChI is InChI=1S/C15H27N3OS2/c1-6-7-8-20-14-18-17-13(21-14)16-12(19)9-11(2)10-15(3,4)5/h11H,6-10H2,1-5H3,(H,16,17,19). The lowest BCUT2D eigenvalue weighted by molar-refractivity contribution is -0.117. The Bertz CT molecular complexity index is 440. The van der Waals surface area contributed by atoms with E-state index in [1.165, 1.54) is 24.2 Å². The number of hydrogen-bond donors (Lipinski definition) is 1. The second-order valence-electron chi connectivity index (χ2n) is 6.70. The summed E-state index contributed by atoms with van der Waals surface area (Å²) in [5.41, 5.74) is 0.255. The predicted molar refractivity (Wildman–Crippen MR) is 92.0 cm³/mol. The van der Waals surface area contributed by atoms with Gasteiger partial charge in [0.15, 0.2) is 4.34 Å². The number of amides is 1. The molecule has 1 rings (SSSR count). The van der Waals surface area contributed by atoms with E-state index in [2.05, 4.69) is 50.1 Å². The molecule has 0 fully saturated rings. The van der Waals surface area contributed by atoms with Crippen LogP contribution in [0.2, 0.25) is 0 Å². The Morgan fingerprint density at radius 1 is 1.38 bits per heavy atom. The van der Waals surface area contributed by atoms with Crippen molar-refractivity contribution in [2.75, 3.05) is 11.1 Å². The van der Waals surface area contributed by atoms with E-state index in [1.54, 1.807) is 11.8 Å². The summed E-state index contributed by atoms with van der Waals surface area (Å²) in [6.45, 7) is 10.9. The van der Waals surface area contributed by atoms with Crippen molar-refractivity contribution in [2.24, 2.45) is 11.3 Å². The molecule has 6 heteroatoms. The fraction of sp³-hybridized carbons (Fsp3) is 0.800. The third-order valence-corrected chi connectivity index (χ3v) is 4.93. The van der Waals surface area contributed by atoms with Crippen LogP contribution in [0.25, 0.3) is 0 Å². The molecule has 1 unspecified atom stereocenters. The highest BCUT2D eigenvalue weighted by Crippen LogP contribution is 2.28. The summed E-state index contributed by atoms with van der Waals surface area (Å²) >= 11 is 3.17. The van der Waals surface area contributed by atoms with Crippen molar-refractivity contribution in [3.8, 4) is 0 Å². The zero-order valence-corrected chi connectivity index (χ0v) is 15.4. The topological polar surface area (TPSA) is 54.9 Å². The number of carbonyl (C=O) groups excluding carboxylic acids is 1. The molecule has 0 bridgehead atoms. The number of anilines is 1. The Labute approximate surface area is 136 Å². The van der Waals surface area contributed by atoms with Gasteiger partial charge < -0.3 is 5.32 Å². The zero-order valence-electron chi connectivity index (χ0n) is 13.7. The maximum Gasteiger partial charge on any atom is 0.226 e. The van der Waals surface area contributed by atoms with Crippen LogP contribution in [0.3, 0.4) is 0 Å². The van der Waals surface area contributed by atoms with Gasteiger partial charge in [0.1, 0.15) is 0 Å². The molecule has 1 amide bonds. The molecule has 1 aromatic heterocycles. The smallest absolute Gasteiger partial charge is 0.226 e. The maximum absolute atomic E-state index is 12.0. The molecule has 0 saturated heterocycles. The van der Waals surface area contributed by atoms with Crippen LogP contribution in [-0.2, 0) is 4.79 Å². The van der Waals surface area contributed by atoms with Crippen molar-refractivity contribution in [1.82, 2.24) is 10.2 Å². The van der Waals surface area contributed by atoms with E-state index in [0.29, 0.717) is 17.5 Å². The number of nitrogens with one attached hydrogen (secondary N) is 1. The van der Waals surface area contributed by atoms with E-state index >= 15 is 0 Å². The first-order valence-electron chi connectivity index (χ1n) is 7.56. The fourth-order valence-corrected chi connectivity index (χ4v) is 4.15. The van der Waals surface area contributed by atoms with E-state index in [9.17, 15) is 4.79 Å². The second-order valence-corrected chi connectivity index (χ2v) is 9.02. The van der Waals surface area contributed by atoms with Gasteiger partial charge >= 0.3 is 0 Å². The van der Waals surface area contributed by atoms with Crippen molar-refractivity contribution in [3.63, 3.8) is 0 Å². The number of aromatic nitrogens is 2. The number of rotatable bonds is 8. The molecule has 1 heterocycles. The average molecular weight is 330 g/mol. The highest BCUT2D eigenvalue weighted by Gasteiger charge is 2.18. The Balaban J connectivity index is 2.37. The van der Waals surface area contributed by atoms with Crippen LogP contribution >= 0.6 is 23.1 Å². The molecule has 1 atom stereocenters. The molecule has 0 aromatic carbocycles. The number of nitrogens with zero attached hydrogens (tertiary/aromatic N) is 2. The highest BCUT2D eigenvalue weighted by molar-refractivity contribution is 8.01. The van der Waals surface area contributed by atoms with Crippen molar-refractivity contribution < 1.29 is 4.79 Å². The van der Waals surface area contributed by atoms with E-state index < -0.39 is 0 Å². The summed E-state index contributed by atoms with van der Waals surface area (Å²) in [5.74, 6) is 1.46. The SMILES string of the molecule is CCCCSc1nnc(NC(=O)CC(C)CC(C)(C)C)s1. The monoisotopic (exact) mass is 329 g/mol. The number of thioether (sulfide) groups is 1. The van der Waals surface area contributed by atoms with E-state index in [4.69, 9.17) is 0 Å². The maximum atomic E-state index is 12.0. The van der Waals surface area contributed by atoms with Gasteiger partial charge in [-0.15, -0.1) is 10.2 Å². The Kier molecular flexibility index (Phi) is 7.66. The lowest BCUT2D eigenvalue weighted by atomic mass is 9.84. The van der Waals surface area contributed by atoms with Crippen LogP contribution in [0.15, 0.2) is 4.34 Å². The summed E-state index contributed by atoms with van der Waals surface area (Å²) in [4.78, 5) is 12.0. The minimum atomic E-state index is 0.0352. The number of carbonyl (C=O) groups is 1. The van der Waals surface area contributed by atoms with Crippen LogP contribution < -0.4 is 5.32 Å². The van der Waals surface area contributed by atoms with Crippen LogP contribution in [-0.4, -0.2) is 21.9 Å². The molecule has 0 spiro atoms. The lowest BCUT2D eigenvalue weighted by Gasteiger charge is -2.22. The van der Waals surface area contributed by atoms with Gasteiger partial charge in [0.05, 0.1) is 0 Å². The summed E-state index contributed by atoms with van der Waals surface area (Å²) < 4.78 is 0.932. The Morgan fingerprint density at radius 2 is 2.10 bits per heavy atom. The molecule has 21 heavy (non-hydrogen) atoms.